The number of nitrogens with one attached hydrogen (secondary N) is 1. The molecule has 1 aliphatic heterocycles. The van der Waals surface area contributed by atoms with Crippen LogP contribution in [0.15, 0.2) is 54.6 Å². The summed E-state index contributed by atoms with van der Waals surface area (Å²) in [6, 6.07) is 18.4. The van der Waals surface area contributed by atoms with E-state index in [0.29, 0.717) is 25.3 Å². The van der Waals surface area contributed by atoms with Crippen LogP contribution in [0.2, 0.25) is 0 Å². The quantitative estimate of drug-likeness (QED) is 0.390. The molecule has 2 aromatic rings. The van der Waals surface area contributed by atoms with Gasteiger partial charge in [0.2, 0.25) is 0 Å². The van der Waals surface area contributed by atoms with Crippen LogP contribution in [-0.2, 0) is 9.47 Å². The van der Waals surface area contributed by atoms with E-state index < -0.39 is 0 Å². The van der Waals surface area contributed by atoms with Crippen LogP contribution >= 0.6 is 0 Å². The third kappa shape index (κ3) is 6.77. The minimum atomic E-state index is -0.119. The largest absolute Gasteiger partial charge is 0.396 e. The van der Waals surface area contributed by atoms with Gasteiger partial charge in [-0.1, -0.05) is 30.3 Å². The monoisotopic (exact) mass is 441 g/mol. The molecule has 2 aromatic carbocycles. The van der Waals surface area contributed by atoms with E-state index in [9.17, 15) is 4.79 Å². The molecule has 7 nitrogen and oxygen atoms in total. The van der Waals surface area contributed by atoms with Crippen LogP contribution in [0.25, 0.3) is 0 Å². The van der Waals surface area contributed by atoms with Gasteiger partial charge in [-0.05, 0) is 42.7 Å². The number of anilines is 1. The van der Waals surface area contributed by atoms with Gasteiger partial charge >= 0.3 is 0 Å². The van der Waals surface area contributed by atoms with Crippen molar-refractivity contribution in [1.82, 2.24) is 10.2 Å². The van der Waals surface area contributed by atoms with Gasteiger partial charge in [0.25, 0.3) is 5.91 Å². The van der Waals surface area contributed by atoms with Gasteiger partial charge < -0.3 is 24.8 Å². The summed E-state index contributed by atoms with van der Waals surface area (Å²) >= 11 is 0. The number of likely N-dealkylation sites (N-methyl/N-ethyl adjacent to an activating group) is 1. The van der Waals surface area contributed by atoms with Gasteiger partial charge in [-0.25, -0.2) is 0 Å². The second kappa shape index (κ2) is 12.6. The zero-order chi connectivity index (χ0) is 22.8. The average molecular weight is 442 g/mol. The first kappa shape index (κ1) is 24.2. The highest BCUT2D eigenvalue weighted by atomic mass is 16.7. The van der Waals surface area contributed by atoms with Crippen molar-refractivity contribution in [2.45, 2.75) is 25.0 Å². The first-order chi connectivity index (χ1) is 15.6. The van der Waals surface area contributed by atoms with Crippen molar-refractivity contribution in [3.63, 3.8) is 0 Å². The maximum atomic E-state index is 12.3. The van der Waals surface area contributed by atoms with Crippen LogP contribution in [0.4, 0.5) is 5.69 Å². The Labute approximate surface area is 190 Å². The predicted octanol–water partition coefficient (Wildman–Crippen LogP) is 2.67. The first-order valence-corrected chi connectivity index (χ1v) is 11.2. The van der Waals surface area contributed by atoms with E-state index in [1.165, 1.54) is 5.56 Å². The zero-order valence-electron chi connectivity index (χ0n) is 19.1. The third-order valence-electron chi connectivity index (χ3n) is 5.89. The number of carbonyl (C=O) groups excluding carboxylic acids is 1. The molecule has 174 valence electrons. The summed E-state index contributed by atoms with van der Waals surface area (Å²) in [7, 11) is 3.75. The normalized spacial score (nSPS) is 17.3. The van der Waals surface area contributed by atoms with E-state index in [1.54, 1.807) is 7.11 Å². The Kier molecular flexibility index (Phi) is 9.49. The lowest BCUT2D eigenvalue weighted by Crippen LogP contribution is -2.36. The lowest BCUT2D eigenvalue weighted by Gasteiger charge is -2.33. The van der Waals surface area contributed by atoms with E-state index in [-0.39, 0.29) is 24.7 Å². The molecule has 1 heterocycles. The summed E-state index contributed by atoms with van der Waals surface area (Å²) < 4.78 is 10.8. The van der Waals surface area contributed by atoms with Crippen molar-refractivity contribution in [2.24, 2.45) is 0 Å². The Balaban J connectivity index is 1.69. The number of aliphatic hydroxyl groups excluding tert-OH is 1. The molecule has 0 aliphatic carbocycles. The smallest absolute Gasteiger partial charge is 0.251 e. The fourth-order valence-electron chi connectivity index (χ4n) is 4.05. The lowest BCUT2D eigenvalue weighted by atomic mass is 10.0. The Morgan fingerprint density at radius 2 is 1.97 bits per heavy atom. The standard InChI is InChI=1S/C25H35N3O4/c1-27(22-11-9-21(10-12-22)25(30)26-14-6-16-29)24(20-7-4-3-5-8-20)18-28-15-13-23(17-28)32-19-31-2/h3-5,7-12,23-24,29H,6,13-19H2,1-2H3,(H,26,30)/t23-,24+/m0/s1. The van der Waals surface area contributed by atoms with Gasteiger partial charge in [0.15, 0.2) is 0 Å². The van der Waals surface area contributed by atoms with E-state index in [4.69, 9.17) is 14.6 Å². The molecule has 2 N–H and O–H groups in total. The topological polar surface area (TPSA) is 74.3 Å². The Hall–Kier alpha value is -2.45. The number of nitrogens with zero attached hydrogens (tertiary/aromatic N) is 2. The zero-order valence-corrected chi connectivity index (χ0v) is 19.1. The molecule has 7 heteroatoms. The molecular weight excluding hydrogens is 406 g/mol. The van der Waals surface area contributed by atoms with Gasteiger partial charge in [0.05, 0.1) is 12.1 Å². The molecule has 0 bridgehead atoms. The van der Waals surface area contributed by atoms with E-state index in [0.717, 1.165) is 31.7 Å². The van der Waals surface area contributed by atoms with Crippen molar-refractivity contribution in [2.75, 3.05) is 58.6 Å². The number of ether oxygens (including phenoxy) is 2. The van der Waals surface area contributed by atoms with Crippen LogP contribution in [0, 0.1) is 0 Å². The van der Waals surface area contributed by atoms with Gasteiger partial charge in [-0.2, -0.15) is 0 Å². The number of benzene rings is 2. The molecule has 3 rings (SSSR count). The number of carbonyl (C=O) groups is 1. The van der Waals surface area contributed by atoms with Gasteiger partial charge in [-0.3, -0.25) is 9.69 Å². The summed E-state index contributed by atoms with van der Waals surface area (Å²) in [4.78, 5) is 17.0. The molecule has 2 atom stereocenters. The van der Waals surface area contributed by atoms with Crippen LogP contribution < -0.4 is 10.2 Å². The van der Waals surface area contributed by atoms with Crippen LogP contribution in [0.1, 0.15) is 34.8 Å². The highest BCUT2D eigenvalue weighted by Crippen LogP contribution is 2.28. The van der Waals surface area contributed by atoms with Crippen LogP contribution in [0.5, 0.6) is 0 Å². The van der Waals surface area contributed by atoms with E-state index in [2.05, 4.69) is 46.4 Å². The highest BCUT2D eigenvalue weighted by molar-refractivity contribution is 5.94. The molecule has 1 saturated heterocycles. The molecule has 0 saturated carbocycles. The number of aliphatic hydroxyl groups is 1. The van der Waals surface area contributed by atoms with E-state index in [1.807, 2.05) is 30.3 Å². The average Bonchev–Trinajstić information content (AvgIpc) is 3.29. The first-order valence-electron chi connectivity index (χ1n) is 11.2. The Bertz CT molecular complexity index is 816. The number of rotatable bonds is 12. The molecular formula is C25H35N3O4. The van der Waals surface area contributed by atoms with Crippen molar-refractivity contribution >= 4 is 11.6 Å². The van der Waals surface area contributed by atoms with E-state index >= 15 is 0 Å². The molecule has 0 unspecified atom stereocenters. The number of amides is 1. The summed E-state index contributed by atoms with van der Waals surface area (Å²) in [6.45, 7) is 3.66. The highest BCUT2D eigenvalue weighted by Gasteiger charge is 2.27. The number of hydrogen-bond donors (Lipinski definition) is 2. The van der Waals surface area contributed by atoms with Gasteiger partial charge in [-0.15, -0.1) is 0 Å². The van der Waals surface area contributed by atoms with Gasteiger partial charge in [0, 0.05) is 58.2 Å². The Morgan fingerprint density at radius 1 is 1.22 bits per heavy atom. The van der Waals surface area contributed by atoms with Crippen molar-refractivity contribution in [3.8, 4) is 0 Å². The minimum Gasteiger partial charge on any atom is -0.396 e. The molecule has 1 aliphatic rings. The maximum absolute atomic E-state index is 12.3. The minimum absolute atomic E-state index is 0.0706. The number of likely N-dealkylation sites (tertiary alicyclic amines) is 1. The molecule has 0 radical (unpaired) electrons. The molecule has 0 spiro atoms. The SMILES string of the molecule is COCO[C@H]1CCN(C[C@H](c2ccccc2)N(C)c2ccc(C(=O)NCCCO)cc2)C1. The predicted molar refractivity (Wildman–Crippen MR) is 126 cm³/mol. The second-order valence-corrected chi connectivity index (χ2v) is 8.16. The Morgan fingerprint density at radius 3 is 2.66 bits per heavy atom. The number of methoxy groups -OCH3 is 1. The summed E-state index contributed by atoms with van der Waals surface area (Å²) in [5.41, 5.74) is 2.92. The molecule has 1 fully saturated rings. The summed E-state index contributed by atoms with van der Waals surface area (Å²) in [5, 5.41) is 11.7. The maximum Gasteiger partial charge on any atom is 0.251 e. The van der Waals surface area contributed by atoms with Crippen molar-refractivity contribution < 1.29 is 19.4 Å². The second-order valence-electron chi connectivity index (χ2n) is 8.16. The summed E-state index contributed by atoms with van der Waals surface area (Å²) in [6.07, 6.45) is 1.77. The van der Waals surface area contributed by atoms with Crippen molar-refractivity contribution in [1.29, 1.82) is 0 Å². The lowest BCUT2D eigenvalue weighted by molar-refractivity contribution is -0.0671. The number of hydrogen-bond acceptors (Lipinski definition) is 6. The molecule has 32 heavy (non-hydrogen) atoms. The van der Waals surface area contributed by atoms with Crippen LogP contribution in [0.3, 0.4) is 0 Å². The fourth-order valence-corrected chi connectivity index (χ4v) is 4.05. The third-order valence-corrected chi connectivity index (χ3v) is 5.89. The molecule has 1 amide bonds. The van der Waals surface area contributed by atoms with Crippen LogP contribution in [-0.4, -0.2) is 75.8 Å². The fraction of sp³-hybridized carbons (Fsp3) is 0.480. The summed E-state index contributed by atoms with van der Waals surface area (Å²) in [5.74, 6) is -0.119. The molecule has 0 aromatic heterocycles. The van der Waals surface area contributed by atoms with Gasteiger partial charge in [0.1, 0.15) is 6.79 Å². The van der Waals surface area contributed by atoms with Crippen molar-refractivity contribution in [3.05, 3.63) is 65.7 Å².